The van der Waals surface area contributed by atoms with Crippen LogP contribution in [0.4, 0.5) is 0 Å². The zero-order valence-corrected chi connectivity index (χ0v) is 13.8. The van der Waals surface area contributed by atoms with Crippen LogP contribution in [0.1, 0.15) is 12.5 Å². The van der Waals surface area contributed by atoms with Crippen LogP contribution in [-0.2, 0) is 14.3 Å². The van der Waals surface area contributed by atoms with E-state index in [1.54, 1.807) is 26.4 Å². The molecular weight excluding hydrogens is 305 g/mol. The van der Waals surface area contributed by atoms with E-state index in [-0.39, 0.29) is 6.54 Å². The third kappa shape index (κ3) is 5.56. The van der Waals surface area contributed by atoms with Crippen molar-refractivity contribution in [2.24, 2.45) is 0 Å². The van der Waals surface area contributed by atoms with E-state index in [1.165, 1.54) is 6.08 Å². The molecule has 7 heteroatoms. The Morgan fingerprint density at radius 2 is 2.09 bits per heavy atom. The molecule has 0 heterocycles. The molecule has 0 aromatic heterocycles. The van der Waals surface area contributed by atoms with Gasteiger partial charge in [0.2, 0.25) is 0 Å². The van der Waals surface area contributed by atoms with Gasteiger partial charge in [0.15, 0.2) is 8.30 Å². The van der Waals surface area contributed by atoms with Crippen molar-refractivity contribution in [3.05, 3.63) is 29.8 Å². The van der Waals surface area contributed by atoms with E-state index in [2.05, 4.69) is 5.09 Å². The number of ether oxygens (including phenoxy) is 2. The van der Waals surface area contributed by atoms with Crippen LogP contribution in [0, 0.1) is 0 Å². The molecule has 0 spiro atoms. The predicted octanol–water partition coefficient (Wildman–Crippen LogP) is 2.38. The lowest BCUT2D eigenvalue weighted by molar-refractivity contribution is -0.107. The predicted molar refractivity (Wildman–Crippen MR) is 86.2 cm³/mol. The zero-order valence-electron chi connectivity index (χ0n) is 12.9. The molecular formula is C15H20NO5P. The fraction of sp³-hybridized carbons (Fsp3) is 0.333. The van der Waals surface area contributed by atoms with E-state index >= 15 is 0 Å². The summed E-state index contributed by atoms with van der Waals surface area (Å²) < 4.78 is 16.2. The fourth-order valence-electron chi connectivity index (χ4n) is 1.73. The third-order valence-corrected chi connectivity index (χ3v) is 4.19. The van der Waals surface area contributed by atoms with Gasteiger partial charge in [0.25, 0.3) is 0 Å². The van der Waals surface area contributed by atoms with Gasteiger partial charge in [-0.2, -0.15) is 0 Å². The first-order chi connectivity index (χ1) is 10.7. The van der Waals surface area contributed by atoms with E-state index in [1.807, 2.05) is 13.0 Å². The van der Waals surface area contributed by atoms with E-state index in [0.717, 1.165) is 23.7 Å². The summed E-state index contributed by atoms with van der Waals surface area (Å²) in [5, 5.41) is 2.96. The van der Waals surface area contributed by atoms with Crippen LogP contribution in [0.3, 0.4) is 0 Å². The second-order valence-electron chi connectivity index (χ2n) is 4.26. The molecule has 0 bridgehead atoms. The lowest BCUT2D eigenvalue weighted by Gasteiger charge is -2.18. The molecule has 22 heavy (non-hydrogen) atoms. The first-order valence-corrected chi connectivity index (χ1v) is 8.02. The van der Waals surface area contributed by atoms with Crippen molar-refractivity contribution in [1.82, 2.24) is 5.09 Å². The van der Waals surface area contributed by atoms with Gasteiger partial charge in [-0.15, -0.1) is 0 Å². The number of carbonyl (C=O) groups excluding carboxylic acids is 2. The molecule has 0 amide bonds. The zero-order chi connectivity index (χ0) is 16.4. The van der Waals surface area contributed by atoms with Crippen LogP contribution in [0.5, 0.6) is 11.5 Å². The second-order valence-corrected chi connectivity index (χ2v) is 5.78. The lowest BCUT2D eigenvalue weighted by Crippen LogP contribution is -2.15. The first kappa shape index (κ1) is 18.3. The molecule has 0 fully saturated rings. The average molecular weight is 325 g/mol. The van der Waals surface area contributed by atoms with Gasteiger partial charge in [-0.25, -0.2) is 0 Å². The maximum absolute atomic E-state index is 10.6. The minimum absolute atomic E-state index is 0.200. The number of aldehydes is 2. The van der Waals surface area contributed by atoms with Crippen LogP contribution in [0.15, 0.2) is 24.3 Å². The van der Waals surface area contributed by atoms with Crippen LogP contribution >= 0.6 is 8.30 Å². The molecule has 0 saturated carbocycles. The number of hydrogen-bond acceptors (Lipinski definition) is 6. The Labute approximate surface area is 131 Å². The molecule has 1 atom stereocenters. The summed E-state index contributed by atoms with van der Waals surface area (Å²) in [6.45, 7) is 2.03. The number of hydrogen-bond donors (Lipinski definition) is 1. The Kier molecular flexibility index (Phi) is 8.36. The first-order valence-electron chi connectivity index (χ1n) is 6.58. The molecule has 6 nitrogen and oxygen atoms in total. The molecule has 120 valence electrons. The number of nitrogens with one attached hydrogen (secondary N) is 1. The molecule has 1 N–H and O–H groups in total. The number of rotatable bonds is 10. The molecule has 1 aromatic carbocycles. The van der Waals surface area contributed by atoms with Gasteiger partial charge in [-0.1, -0.05) is 0 Å². The highest BCUT2D eigenvalue weighted by molar-refractivity contribution is 7.50. The van der Waals surface area contributed by atoms with Gasteiger partial charge < -0.3 is 18.8 Å². The second kappa shape index (κ2) is 10.1. The van der Waals surface area contributed by atoms with Crippen LogP contribution in [0.2, 0.25) is 0 Å². The van der Waals surface area contributed by atoms with Crippen molar-refractivity contribution in [2.75, 3.05) is 27.1 Å². The molecule has 1 unspecified atom stereocenters. The summed E-state index contributed by atoms with van der Waals surface area (Å²) in [5.41, 5.74) is 1.62. The average Bonchev–Trinajstić information content (AvgIpc) is 2.52. The van der Waals surface area contributed by atoms with Gasteiger partial charge in [-0.05, 0) is 30.7 Å². The maximum Gasteiger partial charge on any atom is 0.188 e. The SMILES string of the molecule is COCP(NCC=O)Oc1ccc(/C(C)=C\C=O)c(OC)c1. The monoisotopic (exact) mass is 325 g/mol. The Morgan fingerprint density at radius 1 is 1.32 bits per heavy atom. The summed E-state index contributed by atoms with van der Waals surface area (Å²) in [5.74, 6) is 1.21. The number of allylic oxidation sites excluding steroid dienone is 2. The topological polar surface area (TPSA) is 73.9 Å². The highest BCUT2D eigenvalue weighted by Crippen LogP contribution is 2.37. The molecule has 0 aliphatic carbocycles. The third-order valence-electron chi connectivity index (χ3n) is 2.73. The van der Waals surface area contributed by atoms with E-state index in [4.69, 9.17) is 14.0 Å². The van der Waals surface area contributed by atoms with Gasteiger partial charge in [-0.3, -0.25) is 9.88 Å². The molecule has 1 rings (SSSR count). The van der Waals surface area contributed by atoms with Gasteiger partial charge in [0, 0.05) is 18.7 Å². The fourth-order valence-corrected chi connectivity index (χ4v) is 2.82. The standard InChI is InChI=1S/C15H20NO5P/c1-12(6-8-17)14-5-4-13(10-15(14)20-3)21-22(11-19-2)16-7-9-18/h4-6,8-10,16H,7,11H2,1-3H3/b12-6-. The van der Waals surface area contributed by atoms with Crippen LogP contribution < -0.4 is 14.3 Å². The van der Waals surface area contributed by atoms with Crippen LogP contribution in [0.25, 0.3) is 5.57 Å². The van der Waals surface area contributed by atoms with E-state index in [9.17, 15) is 9.59 Å². The largest absolute Gasteiger partial charge is 0.496 e. The Bertz CT molecular complexity index is 533. The smallest absolute Gasteiger partial charge is 0.188 e. The van der Waals surface area contributed by atoms with E-state index in [0.29, 0.717) is 17.8 Å². The van der Waals surface area contributed by atoms with Gasteiger partial charge >= 0.3 is 0 Å². The highest BCUT2D eigenvalue weighted by Gasteiger charge is 2.13. The number of benzene rings is 1. The molecule has 0 radical (unpaired) electrons. The maximum atomic E-state index is 10.6. The van der Waals surface area contributed by atoms with Gasteiger partial charge in [0.05, 0.1) is 13.7 Å². The Balaban J connectivity index is 2.93. The normalized spacial score (nSPS) is 12.6. The van der Waals surface area contributed by atoms with E-state index < -0.39 is 8.30 Å². The molecule has 1 aromatic rings. The van der Waals surface area contributed by atoms with Crippen molar-refractivity contribution >= 4 is 26.4 Å². The van der Waals surface area contributed by atoms with Crippen molar-refractivity contribution in [3.63, 3.8) is 0 Å². The summed E-state index contributed by atoms with van der Waals surface area (Å²) in [4.78, 5) is 21.0. The molecule has 0 aliphatic rings. The number of methoxy groups -OCH3 is 2. The minimum atomic E-state index is -1.12. The summed E-state index contributed by atoms with van der Waals surface area (Å²) in [6, 6.07) is 5.35. The summed E-state index contributed by atoms with van der Waals surface area (Å²) in [6.07, 6.45) is 3.34. The summed E-state index contributed by atoms with van der Waals surface area (Å²) in [7, 11) is 2.00. The molecule has 0 saturated heterocycles. The van der Waals surface area contributed by atoms with Crippen molar-refractivity contribution in [1.29, 1.82) is 0 Å². The van der Waals surface area contributed by atoms with Gasteiger partial charge in [0.1, 0.15) is 30.4 Å². The lowest BCUT2D eigenvalue weighted by atomic mass is 10.1. The quantitative estimate of drug-likeness (QED) is 0.404. The Morgan fingerprint density at radius 3 is 2.68 bits per heavy atom. The molecule has 0 aliphatic heterocycles. The Hall–Kier alpha value is -1.75. The highest BCUT2D eigenvalue weighted by atomic mass is 31.2. The summed E-state index contributed by atoms with van der Waals surface area (Å²) >= 11 is 0. The number of carbonyl (C=O) groups is 2. The van der Waals surface area contributed by atoms with Crippen LogP contribution in [-0.4, -0.2) is 39.7 Å². The van der Waals surface area contributed by atoms with Crippen molar-refractivity contribution in [3.8, 4) is 11.5 Å². The van der Waals surface area contributed by atoms with Crippen molar-refractivity contribution < 1.29 is 23.6 Å². The van der Waals surface area contributed by atoms with Crippen molar-refractivity contribution in [2.45, 2.75) is 6.92 Å². The minimum Gasteiger partial charge on any atom is -0.496 e.